The van der Waals surface area contributed by atoms with Crippen molar-refractivity contribution in [2.75, 3.05) is 11.1 Å². The Hall–Kier alpha value is -2.09. The van der Waals surface area contributed by atoms with Crippen LogP contribution in [0.2, 0.25) is 5.02 Å². The summed E-state index contributed by atoms with van der Waals surface area (Å²) in [6, 6.07) is 9.41. The fourth-order valence-electron chi connectivity index (χ4n) is 1.89. The third kappa shape index (κ3) is 3.38. The Bertz CT molecular complexity index is 850. The number of rotatable bonds is 3. The maximum absolute atomic E-state index is 12.3. The highest BCUT2D eigenvalue weighted by Gasteiger charge is 2.19. The van der Waals surface area contributed by atoms with Crippen molar-refractivity contribution >= 4 is 38.9 Å². The van der Waals surface area contributed by atoms with Crippen molar-refractivity contribution in [1.29, 1.82) is 0 Å². The number of sulfonamides is 1. The second kappa shape index (κ2) is 5.96. The van der Waals surface area contributed by atoms with Crippen LogP contribution < -0.4 is 16.2 Å². The standard InChI is InChI=1S/C14H14ClN3O3S/c1-8-4-2-3-5-12(8)18-14(19)9-6-13(22(17,20)21)10(15)7-11(9)16/h2-7H,16H2,1H3,(H,18,19)(H2,17,20,21). The van der Waals surface area contributed by atoms with Crippen LogP contribution in [0.1, 0.15) is 15.9 Å². The molecule has 0 unspecified atom stereocenters. The minimum atomic E-state index is -4.05. The van der Waals surface area contributed by atoms with Gasteiger partial charge in [0.05, 0.1) is 10.6 Å². The van der Waals surface area contributed by atoms with E-state index in [1.807, 2.05) is 19.1 Å². The van der Waals surface area contributed by atoms with Crippen molar-refractivity contribution in [3.05, 3.63) is 52.5 Å². The molecule has 0 bridgehead atoms. The average Bonchev–Trinajstić information content (AvgIpc) is 2.39. The van der Waals surface area contributed by atoms with Gasteiger partial charge in [0.2, 0.25) is 10.0 Å². The molecule has 0 fully saturated rings. The molecule has 1 amide bonds. The molecule has 0 aliphatic heterocycles. The molecule has 2 rings (SSSR count). The number of benzene rings is 2. The lowest BCUT2D eigenvalue weighted by atomic mass is 10.1. The van der Waals surface area contributed by atoms with Crippen LogP contribution in [0.15, 0.2) is 41.3 Å². The van der Waals surface area contributed by atoms with Crippen LogP contribution in [-0.4, -0.2) is 14.3 Å². The third-order valence-corrected chi connectivity index (χ3v) is 4.42. The molecule has 0 saturated carbocycles. The van der Waals surface area contributed by atoms with Crippen molar-refractivity contribution in [3.63, 3.8) is 0 Å². The number of primary sulfonamides is 1. The van der Waals surface area contributed by atoms with E-state index in [9.17, 15) is 13.2 Å². The molecule has 0 spiro atoms. The second-order valence-corrected chi connectivity index (χ2v) is 6.62. The molecule has 5 N–H and O–H groups in total. The molecule has 2 aromatic rings. The number of nitrogens with two attached hydrogens (primary N) is 2. The molecule has 22 heavy (non-hydrogen) atoms. The Labute approximate surface area is 133 Å². The van der Waals surface area contributed by atoms with E-state index in [-0.39, 0.29) is 21.2 Å². The maximum Gasteiger partial charge on any atom is 0.257 e. The van der Waals surface area contributed by atoms with Gasteiger partial charge in [-0.05, 0) is 30.7 Å². The fraction of sp³-hybridized carbons (Fsp3) is 0.0714. The van der Waals surface area contributed by atoms with Gasteiger partial charge in [-0.3, -0.25) is 4.79 Å². The van der Waals surface area contributed by atoms with Gasteiger partial charge in [0.1, 0.15) is 4.90 Å². The predicted octanol–water partition coefficient (Wildman–Crippen LogP) is 2.13. The van der Waals surface area contributed by atoms with Crippen molar-refractivity contribution in [1.82, 2.24) is 0 Å². The van der Waals surface area contributed by atoms with Gasteiger partial charge in [-0.15, -0.1) is 0 Å². The van der Waals surface area contributed by atoms with Gasteiger partial charge in [0.25, 0.3) is 5.91 Å². The molecule has 0 radical (unpaired) electrons. The molecule has 0 aliphatic rings. The molecule has 0 heterocycles. The number of amides is 1. The summed E-state index contributed by atoms with van der Waals surface area (Å²) in [4.78, 5) is 12.0. The first-order valence-electron chi connectivity index (χ1n) is 6.19. The molecule has 0 aromatic heterocycles. The van der Waals surface area contributed by atoms with Gasteiger partial charge in [-0.25, -0.2) is 13.6 Å². The van der Waals surface area contributed by atoms with Crippen LogP contribution >= 0.6 is 11.6 Å². The van der Waals surface area contributed by atoms with Gasteiger partial charge in [-0.2, -0.15) is 0 Å². The summed E-state index contributed by atoms with van der Waals surface area (Å²) in [5.74, 6) is -0.548. The molecule has 6 nitrogen and oxygen atoms in total. The predicted molar refractivity (Wildman–Crippen MR) is 86.4 cm³/mol. The first-order valence-corrected chi connectivity index (χ1v) is 8.11. The van der Waals surface area contributed by atoms with Crippen LogP contribution in [-0.2, 0) is 10.0 Å². The zero-order valence-corrected chi connectivity index (χ0v) is 13.2. The number of carbonyl (C=O) groups is 1. The highest BCUT2D eigenvalue weighted by Crippen LogP contribution is 2.27. The summed E-state index contributed by atoms with van der Waals surface area (Å²) >= 11 is 5.81. The number of hydrogen-bond donors (Lipinski definition) is 3. The Morgan fingerprint density at radius 2 is 1.86 bits per heavy atom. The van der Waals surface area contributed by atoms with Gasteiger partial charge in [0, 0.05) is 11.4 Å². The lowest BCUT2D eigenvalue weighted by Gasteiger charge is -2.11. The van der Waals surface area contributed by atoms with E-state index in [0.717, 1.165) is 11.6 Å². The third-order valence-electron chi connectivity index (χ3n) is 3.05. The quantitative estimate of drug-likeness (QED) is 0.743. The van der Waals surface area contributed by atoms with E-state index >= 15 is 0 Å². The molecular weight excluding hydrogens is 326 g/mol. The summed E-state index contributed by atoms with van der Waals surface area (Å²) in [5.41, 5.74) is 7.24. The minimum Gasteiger partial charge on any atom is -0.398 e. The van der Waals surface area contributed by atoms with Crippen molar-refractivity contribution in [2.45, 2.75) is 11.8 Å². The number of para-hydroxylation sites is 1. The second-order valence-electron chi connectivity index (χ2n) is 4.68. The number of hydrogen-bond acceptors (Lipinski definition) is 4. The van der Waals surface area contributed by atoms with E-state index in [1.165, 1.54) is 6.07 Å². The number of carbonyl (C=O) groups excluding carboxylic acids is 1. The van der Waals surface area contributed by atoms with Crippen LogP contribution in [0, 0.1) is 6.92 Å². The lowest BCUT2D eigenvalue weighted by Crippen LogP contribution is -2.18. The van der Waals surface area contributed by atoms with E-state index < -0.39 is 15.9 Å². The zero-order valence-electron chi connectivity index (χ0n) is 11.6. The molecule has 0 aliphatic carbocycles. The van der Waals surface area contributed by atoms with E-state index in [4.69, 9.17) is 22.5 Å². The van der Waals surface area contributed by atoms with Crippen molar-refractivity contribution in [2.24, 2.45) is 5.14 Å². The number of anilines is 2. The lowest BCUT2D eigenvalue weighted by molar-refractivity contribution is 0.102. The fourth-order valence-corrected chi connectivity index (χ4v) is 2.99. The van der Waals surface area contributed by atoms with Crippen LogP contribution in [0.3, 0.4) is 0 Å². The smallest absolute Gasteiger partial charge is 0.257 e. The Balaban J connectivity index is 2.44. The topological polar surface area (TPSA) is 115 Å². The SMILES string of the molecule is Cc1ccccc1NC(=O)c1cc(S(N)(=O)=O)c(Cl)cc1N. The molecule has 116 valence electrons. The monoisotopic (exact) mass is 339 g/mol. The first-order chi connectivity index (χ1) is 10.2. The van der Waals surface area contributed by atoms with Crippen molar-refractivity contribution < 1.29 is 13.2 Å². The van der Waals surface area contributed by atoms with E-state index in [2.05, 4.69) is 5.32 Å². The molecule has 8 heteroatoms. The highest BCUT2D eigenvalue weighted by molar-refractivity contribution is 7.89. The van der Waals surface area contributed by atoms with Crippen LogP contribution in [0.4, 0.5) is 11.4 Å². The van der Waals surface area contributed by atoms with Crippen LogP contribution in [0.5, 0.6) is 0 Å². The maximum atomic E-state index is 12.3. The highest BCUT2D eigenvalue weighted by atomic mass is 35.5. The molecule has 0 saturated heterocycles. The van der Waals surface area contributed by atoms with Crippen LogP contribution in [0.25, 0.3) is 0 Å². The minimum absolute atomic E-state index is 0.0170. The summed E-state index contributed by atoms with van der Waals surface area (Å²) in [6.07, 6.45) is 0. The summed E-state index contributed by atoms with van der Waals surface area (Å²) in [5, 5.41) is 7.60. The first kappa shape index (κ1) is 16.3. The van der Waals surface area contributed by atoms with Gasteiger partial charge < -0.3 is 11.1 Å². The Morgan fingerprint density at radius 3 is 2.45 bits per heavy atom. The van der Waals surface area contributed by atoms with E-state index in [0.29, 0.717) is 5.69 Å². The van der Waals surface area contributed by atoms with Crippen molar-refractivity contribution in [3.8, 4) is 0 Å². The molecule has 2 aromatic carbocycles. The summed E-state index contributed by atoms with van der Waals surface area (Å²) < 4.78 is 22.9. The average molecular weight is 340 g/mol. The summed E-state index contributed by atoms with van der Waals surface area (Å²) in [7, 11) is -4.05. The van der Waals surface area contributed by atoms with Gasteiger partial charge in [-0.1, -0.05) is 29.8 Å². The number of nitrogen functional groups attached to an aromatic ring is 1. The van der Waals surface area contributed by atoms with Gasteiger partial charge >= 0.3 is 0 Å². The summed E-state index contributed by atoms with van der Waals surface area (Å²) in [6.45, 7) is 1.83. The zero-order chi connectivity index (χ0) is 16.5. The number of nitrogens with one attached hydrogen (secondary N) is 1. The number of halogens is 1. The largest absolute Gasteiger partial charge is 0.398 e. The Morgan fingerprint density at radius 1 is 1.23 bits per heavy atom. The molecule has 0 atom stereocenters. The van der Waals surface area contributed by atoms with Gasteiger partial charge in [0.15, 0.2) is 0 Å². The number of aryl methyl sites for hydroxylation is 1. The molecular formula is C14H14ClN3O3S. The normalized spacial score (nSPS) is 11.2. The van der Waals surface area contributed by atoms with E-state index in [1.54, 1.807) is 12.1 Å². The Kier molecular flexibility index (Phi) is 4.41.